The number of ether oxygens (including phenoxy) is 1. The lowest BCUT2D eigenvalue weighted by atomic mass is 10.1. The van der Waals surface area contributed by atoms with Crippen molar-refractivity contribution in [3.63, 3.8) is 0 Å². The summed E-state index contributed by atoms with van der Waals surface area (Å²) in [4.78, 5) is 38.8. The summed E-state index contributed by atoms with van der Waals surface area (Å²) in [6, 6.07) is 15.9. The van der Waals surface area contributed by atoms with Gasteiger partial charge in [-0.05, 0) is 44.9 Å². The number of benzene rings is 2. The van der Waals surface area contributed by atoms with Gasteiger partial charge in [-0.3, -0.25) is 14.5 Å². The number of amides is 3. The van der Waals surface area contributed by atoms with Gasteiger partial charge in [0.15, 0.2) is 0 Å². The summed E-state index contributed by atoms with van der Waals surface area (Å²) < 4.78 is 5.35. The number of rotatable bonds is 5. The average molecular weight is 380 g/mol. The van der Waals surface area contributed by atoms with E-state index in [2.05, 4.69) is 5.32 Å². The molecule has 3 amide bonds. The number of fused-ring (bicyclic) bond motifs is 1. The standard InChI is InChI=1S/C22H24N2O4/c1-22(2,3)28-21(27)23-16(13-15-9-5-4-6-10-15)14-24-19(25)17-11-7-8-12-18(17)20(24)26/h4-12,16H,13-14H2,1-3H3,(H,23,27)/t16-/m0/s1. The predicted octanol–water partition coefficient (Wildman–Crippen LogP) is 3.42. The maximum atomic E-state index is 12.7. The summed E-state index contributed by atoms with van der Waals surface area (Å²) in [7, 11) is 0. The predicted molar refractivity (Wildman–Crippen MR) is 105 cm³/mol. The van der Waals surface area contributed by atoms with Crippen LogP contribution < -0.4 is 5.32 Å². The SMILES string of the molecule is CC(C)(C)OC(=O)N[C@@H](Cc1ccccc1)CN1C(=O)c2ccccc2C1=O. The highest BCUT2D eigenvalue weighted by Gasteiger charge is 2.36. The van der Waals surface area contributed by atoms with E-state index in [1.807, 2.05) is 30.3 Å². The zero-order valence-corrected chi connectivity index (χ0v) is 16.3. The van der Waals surface area contributed by atoms with Crippen LogP contribution in [0, 0.1) is 0 Å². The first kappa shape index (κ1) is 19.6. The molecule has 146 valence electrons. The zero-order valence-electron chi connectivity index (χ0n) is 16.3. The van der Waals surface area contributed by atoms with Crippen molar-refractivity contribution < 1.29 is 19.1 Å². The molecule has 0 unspecified atom stereocenters. The number of carbonyl (C=O) groups is 3. The minimum atomic E-state index is -0.642. The van der Waals surface area contributed by atoms with Crippen molar-refractivity contribution in [2.75, 3.05) is 6.54 Å². The molecule has 1 aliphatic rings. The molecular weight excluding hydrogens is 356 g/mol. The molecule has 3 rings (SSSR count). The molecule has 0 fully saturated rings. The molecular formula is C22H24N2O4. The quantitative estimate of drug-likeness (QED) is 0.807. The second kappa shape index (κ2) is 7.84. The lowest BCUT2D eigenvalue weighted by molar-refractivity contribution is 0.0468. The molecule has 1 aliphatic heterocycles. The van der Waals surface area contributed by atoms with Gasteiger partial charge in [-0.2, -0.15) is 0 Å². The Balaban J connectivity index is 1.78. The van der Waals surface area contributed by atoms with Gasteiger partial charge in [0, 0.05) is 0 Å². The summed E-state index contributed by atoms with van der Waals surface area (Å²) in [5, 5.41) is 2.81. The first-order valence-corrected chi connectivity index (χ1v) is 9.23. The molecule has 0 aliphatic carbocycles. The Morgan fingerprint density at radius 1 is 0.964 bits per heavy atom. The van der Waals surface area contributed by atoms with Gasteiger partial charge in [0.1, 0.15) is 5.60 Å². The first-order chi connectivity index (χ1) is 13.2. The third kappa shape index (κ3) is 4.57. The van der Waals surface area contributed by atoms with Gasteiger partial charge in [0.05, 0.1) is 23.7 Å². The molecule has 0 radical (unpaired) electrons. The van der Waals surface area contributed by atoms with Crippen LogP contribution in [0.2, 0.25) is 0 Å². The van der Waals surface area contributed by atoms with E-state index in [1.54, 1.807) is 45.0 Å². The number of carbonyl (C=O) groups excluding carboxylic acids is 3. The summed E-state index contributed by atoms with van der Waals surface area (Å²) >= 11 is 0. The van der Waals surface area contributed by atoms with E-state index in [1.165, 1.54) is 4.90 Å². The Morgan fingerprint density at radius 2 is 1.50 bits per heavy atom. The van der Waals surface area contributed by atoms with Crippen molar-refractivity contribution in [3.8, 4) is 0 Å². The molecule has 6 nitrogen and oxygen atoms in total. The molecule has 0 bridgehead atoms. The highest BCUT2D eigenvalue weighted by molar-refractivity contribution is 6.21. The van der Waals surface area contributed by atoms with E-state index < -0.39 is 17.7 Å². The van der Waals surface area contributed by atoms with Gasteiger partial charge >= 0.3 is 6.09 Å². The minimum absolute atomic E-state index is 0.0699. The molecule has 0 spiro atoms. The Morgan fingerprint density at radius 3 is 2.04 bits per heavy atom. The molecule has 28 heavy (non-hydrogen) atoms. The fourth-order valence-electron chi connectivity index (χ4n) is 3.16. The van der Waals surface area contributed by atoms with Gasteiger partial charge in [-0.15, -0.1) is 0 Å². The highest BCUT2D eigenvalue weighted by atomic mass is 16.6. The topological polar surface area (TPSA) is 75.7 Å². The summed E-state index contributed by atoms with van der Waals surface area (Å²) in [5.41, 5.74) is 1.13. The van der Waals surface area contributed by atoms with E-state index in [9.17, 15) is 14.4 Å². The van der Waals surface area contributed by atoms with Crippen molar-refractivity contribution in [1.82, 2.24) is 10.2 Å². The fraction of sp³-hybridized carbons (Fsp3) is 0.318. The maximum Gasteiger partial charge on any atom is 0.407 e. The van der Waals surface area contributed by atoms with Crippen LogP contribution in [0.4, 0.5) is 4.79 Å². The summed E-state index contributed by atoms with van der Waals surface area (Å²) in [6.45, 7) is 5.41. The largest absolute Gasteiger partial charge is 0.444 e. The second-order valence-corrected chi connectivity index (χ2v) is 7.80. The second-order valence-electron chi connectivity index (χ2n) is 7.80. The number of alkyl carbamates (subject to hydrolysis) is 1. The van der Waals surface area contributed by atoms with Gasteiger partial charge in [0.25, 0.3) is 11.8 Å². The van der Waals surface area contributed by atoms with Crippen LogP contribution in [0.25, 0.3) is 0 Å². The number of nitrogens with zero attached hydrogens (tertiary/aromatic N) is 1. The average Bonchev–Trinajstić information content (AvgIpc) is 2.86. The van der Waals surface area contributed by atoms with E-state index >= 15 is 0 Å². The van der Waals surface area contributed by atoms with Crippen LogP contribution in [0.3, 0.4) is 0 Å². The fourth-order valence-corrected chi connectivity index (χ4v) is 3.16. The Kier molecular flexibility index (Phi) is 5.49. The molecule has 0 saturated carbocycles. The van der Waals surface area contributed by atoms with Gasteiger partial charge in [0.2, 0.25) is 0 Å². The molecule has 1 heterocycles. The van der Waals surface area contributed by atoms with Crippen molar-refractivity contribution in [1.29, 1.82) is 0 Å². The van der Waals surface area contributed by atoms with Crippen molar-refractivity contribution in [2.24, 2.45) is 0 Å². The molecule has 1 atom stereocenters. The summed E-state index contributed by atoms with van der Waals surface area (Å²) in [6.07, 6.45) is -0.113. The molecule has 1 N–H and O–H groups in total. The van der Waals surface area contributed by atoms with Gasteiger partial charge < -0.3 is 10.1 Å². The van der Waals surface area contributed by atoms with Crippen molar-refractivity contribution in [2.45, 2.75) is 38.8 Å². The lowest BCUT2D eigenvalue weighted by Gasteiger charge is -2.26. The minimum Gasteiger partial charge on any atom is -0.444 e. The van der Waals surface area contributed by atoms with Crippen LogP contribution >= 0.6 is 0 Å². The smallest absolute Gasteiger partial charge is 0.407 e. The van der Waals surface area contributed by atoms with Crippen LogP contribution in [0.15, 0.2) is 54.6 Å². The number of nitrogens with one attached hydrogen (secondary N) is 1. The zero-order chi connectivity index (χ0) is 20.3. The Labute approximate surface area is 164 Å². The molecule has 2 aromatic carbocycles. The monoisotopic (exact) mass is 380 g/mol. The van der Waals surface area contributed by atoms with Crippen molar-refractivity contribution >= 4 is 17.9 Å². The van der Waals surface area contributed by atoms with Crippen LogP contribution in [0.5, 0.6) is 0 Å². The number of imide groups is 1. The summed E-state index contributed by atoms with van der Waals surface area (Å²) in [5.74, 6) is -0.686. The lowest BCUT2D eigenvalue weighted by Crippen LogP contribution is -2.48. The maximum absolute atomic E-state index is 12.7. The van der Waals surface area contributed by atoms with Gasteiger partial charge in [-0.25, -0.2) is 4.79 Å². The van der Waals surface area contributed by atoms with Crippen LogP contribution in [-0.4, -0.2) is 41.0 Å². The number of hydrogen-bond acceptors (Lipinski definition) is 4. The van der Waals surface area contributed by atoms with Gasteiger partial charge in [-0.1, -0.05) is 42.5 Å². The normalized spacial score (nSPS) is 14.6. The molecule has 0 saturated heterocycles. The van der Waals surface area contributed by atoms with Crippen LogP contribution in [0.1, 0.15) is 47.1 Å². The highest BCUT2D eigenvalue weighted by Crippen LogP contribution is 2.23. The van der Waals surface area contributed by atoms with E-state index in [4.69, 9.17) is 4.74 Å². The van der Waals surface area contributed by atoms with Crippen LogP contribution in [-0.2, 0) is 11.2 Å². The van der Waals surface area contributed by atoms with E-state index in [0.717, 1.165) is 5.56 Å². The third-order valence-electron chi connectivity index (χ3n) is 4.33. The Bertz CT molecular complexity index is 852. The molecule has 2 aromatic rings. The Hall–Kier alpha value is -3.15. The van der Waals surface area contributed by atoms with E-state index in [0.29, 0.717) is 17.5 Å². The third-order valence-corrected chi connectivity index (χ3v) is 4.33. The number of hydrogen-bond donors (Lipinski definition) is 1. The van der Waals surface area contributed by atoms with E-state index in [-0.39, 0.29) is 18.4 Å². The molecule has 6 heteroatoms. The van der Waals surface area contributed by atoms with Crippen molar-refractivity contribution in [3.05, 3.63) is 71.3 Å². The molecule has 0 aromatic heterocycles. The first-order valence-electron chi connectivity index (χ1n) is 9.23.